The first-order valence-corrected chi connectivity index (χ1v) is 10.4. The summed E-state index contributed by atoms with van der Waals surface area (Å²) in [4.78, 5) is 2.14. The van der Waals surface area contributed by atoms with Crippen molar-refractivity contribution in [1.82, 2.24) is 4.90 Å². The van der Waals surface area contributed by atoms with Gasteiger partial charge in [-0.3, -0.25) is 0 Å². The summed E-state index contributed by atoms with van der Waals surface area (Å²) in [6, 6.07) is 26.0. The van der Waals surface area contributed by atoms with Crippen molar-refractivity contribution in [2.45, 2.75) is 12.6 Å². The fourth-order valence-corrected chi connectivity index (χ4v) is 3.69. The van der Waals surface area contributed by atoms with Gasteiger partial charge in [-0.1, -0.05) is 60.7 Å². The molecule has 0 radical (unpaired) electrons. The zero-order valence-corrected chi connectivity index (χ0v) is 17.6. The zero-order valence-electron chi connectivity index (χ0n) is 17.6. The number of rotatable bonds is 8. The Morgan fingerprint density at radius 3 is 2.42 bits per heavy atom. The van der Waals surface area contributed by atoms with E-state index in [-0.39, 0.29) is 12.6 Å². The van der Waals surface area contributed by atoms with Crippen molar-refractivity contribution in [3.05, 3.63) is 114 Å². The SMILES string of the molecule is COc1cccc(C2=CCN(C(CO)c3ccc(OCc4ccccc4)cc3)C=C2)c1. The highest BCUT2D eigenvalue weighted by atomic mass is 16.5. The van der Waals surface area contributed by atoms with Gasteiger partial charge >= 0.3 is 0 Å². The normalized spacial score (nSPS) is 14.1. The molecule has 1 aliphatic rings. The van der Waals surface area contributed by atoms with Crippen LogP contribution in [0.4, 0.5) is 0 Å². The summed E-state index contributed by atoms with van der Waals surface area (Å²) >= 11 is 0. The molecule has 0 aromatic heterocycles. The zero-order chi connectivity index (χ0) is 21.5. The quantitative estimate of drug-likeness (QED) is 0.550. The van der Waals surface area contributed by atoms with Crippen molar-refractivity contribution < 1.29 is 14.6 Å². The summed E-state index contributed by atoms with van der Waals surface area (Å²) in [5, 5.41) is 10.1. The van der Waals surface area contributed by atoms with Gasteiger partial charge in [0.25, 0.3) is 0 Å². The van der Waals surface area contributed by atoms with Crippen LogP contribution in [0.15, 0.2) is 97.2 Å². The minimum atomic E-state index is -0.109. The molecule has 1 N–H and O–H groups in total. The maximum Gasteiger partial charge on any atom is 0.119 e. The average molecular weight is 414 g/mol. The predicted molar refractivity (Wildman–Crippen MR) is 124 cm³/mol. The van der Waals surface area contributed by atoms with Gasteiger partial charge < -0.3 is 19.5 Å². The number of hydrogen-bond donors (Lipinski definition) is 1. The summed E-state index contributed by atoms with van der Waals surface area (Å²) in [5.41, 5.74) is 4.46. The third-order valence-corrected chi connectivity index (χ3v) is 5.46. The lowest BCUT2D eigenvalue weighted by atomic mass is 10.0. The van der Waals surface area contributed by atoms with Crippen LogP contribution < -0.4 is 9.47 Å². The molecule has 31 heavy (non-hydrogen) atoms. The molecule has 1 atom stereocenters. The van der Waals surface area contributed by atoms with Gasteiger partial charge in [-0.05, 0) is 52.6 Å². The molecular weight excluding hydrogens is 386 g/mol. The molecule has 3 aromatic rings. The molecular formula is C27H27NO3. The molecule has 4 rings (SSSR count). The second-order valence-electron chi connectivity index (χ2n) is 7.45. The average Bonchev–Trinajstić information content (AvgIpc) is 2.85. The highest BCUT2D eigenvalue weighted by molar-refractivity contribution is 5.75. The molecule has 1 unspecified atom stereocenters. The van der Waals surface area contributed by atoms with Crippen LogP contribution in [0.3, 0.4) is 0 Å². The third-order valence-electron chi connectivity index (χ3n) is 5.46. The number of ether oxygens (including phenoxy) is 2. The van der Waals surface area contributed by atoms with E-state index in [1.165, 1.54) is 0 Å². The monoisotopic (exact) mass is 413 g/mol. The summed E-state index contributed by atoms with van der Waals surface area (Å²) in [6.07, 6.45) is 6.31. The molecule has 0 bridgehead atoms. The number of aliphatic hydroxyl groups is 1. The van der Waals surface area contributed by atoms with Crippen LogP contribution in [-0.4, -0.2) is 30.3 Å². The molecule has 1 aliphatic heterocycles. The number of allylic oxidation sites excluding steroid dienone is 2. The second-order valence-corrected chi connectivity index (χ2v) is 7.45. The lowest BCUT2D eigenvalue weighted by Gasteiger charge is -2.31. The summed E-state index contributed by atoms with van der Waals surface area (Å²) in [7, 11) is 1.68. The smallest absolute Gasteiger partial charge is 0.119 e. The van der Waals surface area contributed by atoms with Crippen molar-refractivity contribution >= 4 is 5.57 Å². The Kier molecular flexibility index (Phi) is 6.70. The van der Waals surface area contributed by atoms with E-state index in [4.69, 9.17) is 9.47 Å². The highest BCUT2D eigenvalue weighted by Crippen LogP contribution is 2.28. The molecule has 0 saturated carbocycles. The van der Waals surface area contributed by atoms with Crippen molar-refractivity contribution in [3.63, 3.8) is 0 Å². The van der Waals surface area contributed by atoms with E-state index in [2.05, 4.69) is 29.3 Å². The van der Waals surface area contributed by atoms with Gasteiger partial charge in [0, 0.05) is 12.7 Å². The molecule has 158 valence electrons. The van der Waals surface area contributed by atoms with E-state index in [9.17, 15) is 5.11 Å². The Balaban J connectivity index is 1.40. The molecule has 0 amide bonds. The van der Waals surface area contributed by atoms with E-state index in [1.54, 1.807) is 7.11 Å². The van der Waals surface area contributed by atoms with E-state index >= 15 is 0 Å². The van der Waals surface area contributed by atoms with E-state index in [1.807, 2.05) is 72.8 Å². The van der Waals surface area contributed by atoms with E-state index in [0.29, 0.717) is 6.61 Å². The topological polar surface area (TPSA) is 41.9 Å². The second kappa shape index (κ2) is 10.0. The molecule has 4 nitrogen and oxygen atoms in total. The van der Waals surface area contributed by atoms with Crippen LogP contribution in [0.2, 0.25) is 0 Å². The molecule has 0 saturated heterocycles. The minimum absolute atomic E-state index is 0.0386. The van der Waals surface area contributed by atoms with Gasteiger partial charge in [0.2, 0.25) is 0 Å². The van der Waals surface area contributed by atoms with Gasteiger partial charge in [0.1, 0.15) is 18.1 Å². The first-order chi connectivity index (χ1) is 15.3. The number of aliphatic hydroxyl groups excluding tert-OH is 1. The first-order valence-electron chi connectivity index (χ1n) is 10.4. The van der Waals surface area contributed by atoms with Crippen LogP contribution in [0.1, 0.15) is 22.7 Å². The Hall–Kier alpha value is -3.50. The summed E-state index contributed by atoms with van der Waals surface area (Å²) in [5.74, 6) is 1.66. The fraction of sp³-hybridized carbons (Fsp3) is 0.185. The van der Waals surface area contributed by atoms with Gasteiger partial charge in [-0.25, -0.2) is 0 Å². The molecule has 3 aromatic carbocycles. The number of nitrogens with zero attached hydrogens (tertiary/aromatic N) is 1. The molecule has 4 heteroatoms. The Bertz CT molecular complexity index is 1040. The van der Waals surface area contributed by atoms with Crippen LogP contribution in [-0.2, 0) is 6.61 Å². The minimum Gasteiger partial charge on any atom is -0.497 e. The Labute approximate surface area is 183 Å². The van der Waals surface area contributed by atoms with Gasteiger partial charge in [-0.15, -0.1) is 0 Å². The Morgan fingerprint density at radius 1 is 0.935 bits per heavy atom. The maximum absolute atomic E-state index is 10.1. The Morgan fingerprint density at radius 2 is 1.74 bits per heavy atom. The third kappa shape index (κ3) is 5.16. The largest absolute Gasteiger partial charge is 0.497 e. The van der Waals surface area contributed by atoms with Crippen LogP contribution >= 0.6 is 0 Å². The van der Waals surface area contributed by atoms with Crippen molar-refractivity contribution in [3.8, 4) is 11.5 Å². The first kappa shape index (κ1) is 20.8. The number of hydrogen-bond acceptors (Lipinski definition) is 4. The van der Waals surface area contributed by atoms with Gasteiger partial charge in [0.05, 0.1) is 19.8 Å². The molecule has 0 fully saturated rings. The molecule has 0 spiro atoms. The van der Waals surface area contributed by atoms with Gasteiger partial charge in [0.15, 0.2) is 0 Å². The maximum atomic E-state index is 10.1. The highest BCUT2D eigenvalue weighted by Gasteiger charge is 2.18. The summed E-state index contributed by atoms with van der Waals surface area (Å²) < 4.78 is 11.2. The van der Waals surface area contributed by atoms with E-state index in [0.717, 1.165) is 40.3 Å². The number of benzene rings is 3. The van der Waals surface area contributed by atoms with Crippen LogP contribution in [0.25, 0.3) is 5.57 Å². The lowest BCUT2D eigenvalue weighted by molar-refractivity contribution is 0.174. The standard InChI is InChI=1S/C27H27NO3/c1-30-26-9-5-8-24(18-26)22-14-16-28(17-15-22)27(19-29)23-10-12-25(13-11-23)31-20-21-6-3-2-4-7-21/h2-16,18,27,29H,17,19-20H2,1H3. The molecule has 0 aliphatic carbocycles. The van der Waals surface area contributed by atoms with Crippen molar-refractivity contribution in [2.24, 2.45) is 0 Å². The molecule has 1 heterocycles. The summed E-state index contributed by atoms with van der Waals surface area (Å²) in [6.45, 7) is 1.30. The fourth-order valence-electron chi connectivity index (χ4n) is 3.69. The predicted octanol–water partition coefficient (Wildman–Crippen LogP) is 5.22. The van der Waals surface area contributed by atoms with Crippen LogP contribution in [0, 0.1) is 0 Å². The van der Waals surface area contributed by atoms with Crippen LogP contribution in [0.5, 0.6) is 11.5 Å². The van der Waals surface area contributed by atoms with Crippen molar-refractivity contribution in [2.75, 3.05) is 20.3 Å². The lowest BCUT2D eigenvalue weighted by Crippen LogP contribution is -2.28. The number of methoxy groups -OCH3 is 1. The van der Waals surface area contributed by atoms with Gasteiger partial charge in [-0.2, -0.15) is 0 Å². The van der Waals surface area contributed by atoms with Crippen molar-refractivity contribution in [1.29, 1.82) is 0 Å². The van der Waals surface area contributed by atoms with E-state index < -0.39 is 0 Å².